The Balaban J connectivity index is 1.07. The number of aliphatic hydroxyl groups excluding tert-OH is 1. The van der Waals surface area contributed by atoms with Crippen LogP contribution in [0.5, 0.6) is 0 Å². The van der Waals surface area contributed by atoms with Crippen molar-refractivity contribution in [3.8, 4) is 0 Å². The quantitative estimate of drug-likeness (QED) is 0.142. The fourth-order valence-electron chi connectivity index (χ4n) is 5.32. The standard InChI is InChI=1S/C34H45N6O/c1-2-3-4-5-6-7-16-35-17-18-36(27-35)23-31-8-10-32(11-9-31)24-37-19-20-38(28-37)25-33-12-14-34(15-13-33)26-39-21-22-40(29-39)30-41/h8-15,17-22,27-29,41H,2-7,16,23-26,30H2,1H3/q+3. The zero-order valence-electron chi connectivity index (χ0n) is 24.4. The number of rotatable bonds is 16. The highest BCUT2D eigenvalue weighted by molar-refractivity contribution is 5.22. The summed E-state index contributed by atoms with van der Waals surface area (Å²) < 4.78 is 12.9. The predicted octanol–water partition coefficient (Wildman–Crippen LogP) is 4.46. The van der Waals surface area contributed by atoms with Crippen molar-refractivity contribution in [3.63, 3.8) is 0 Å². The van der Waals surface area contributed by atoms with Crippen LogP contribution in [0.3, 0.4) is 0 Å². The Bertz CT molecular complexity index is 1460. The van der Waals surface area contributed by atoms with Crippen molar-refractivity contribution < 1.29 is 18.8 Å². The molecule has 41 heavy (non-hydrogen) atoms. The first-order chi connectivity index (χ1) is 20.2. The second-order valence-electron chi connectivity index (χ2n) is 11.2. The number of hydrogen-bond acceptors (Lipinski definition) is 1. The average molecular weight is 554 g/mol. The van der Waals surface area contributed by atoms with Gasteiger partial charge < -0.3 is 5.11 Å². The van der Waals surface area contributed by atoms with Crippen LogP contribution >= 0.6 is 0 Å². The van der Waals surface area contributed by atoms with Crippen LogP contribution in [0.2, 0.25) is 0 Å². The molecule has 3 aromatic heterocycles. The minimum Gasteiger partial charge on any atom is -0.358 e. The topological polar surface area (TPSA) is 46.7 Å². The van der Waals surface area contributed by atoms with Gasteiger partial charge in [0, 0.05) is 0 Å². The first kappa shape index (κ1) is 28.6. The summed E-state index contributed by atoms with van der Waals surface area (Å²) in [6.07, 6.45) is 26.9. The fraction of sp³-hybridized carbons (Fsp3) is 0.382. The van der Waals surface area contributed by atoms with Crippen molar-refractivity contribution in [1.29, 1.82) is 0 Å². The van der Waals surface area contributed by atoms with Crippen LogP contribution in [-0.2, 0) is 39.5 Å². The van der Waals surface area contributed by atoms with Gasteiger partial charge >= 0.3 is 0 Å². The van der Waals surface area contributed by atoms with Gasteiger partial charge in [-0.15, -0.1) is 0 Å². The summed E-state index contributed by atoms with van der Waals surface area (Å²) >= 11 is 0. The summed E-state index contributed by atoms with van der Waals surface area (Å²) in [4.78, 5) is 0. The molecule has 0 aliphatic heterocycles. The van der Waals surface area contributed by atoms with E-state index in [2.05, 4.69) is 116 Å². The largest absolute Gasteiger partial charge is 0.358 e. The predicted molar refractivity (Wildman–Crippen MR) is 159 cm³/mol. The van der Waals surface area contributed by atoms with E-state index in [1.54, 1.807) is 4.57 Å². The van der Waals surface area contributed by atoms with E-state index < -0.39 is 0 Å². The molecule has 0 saturated heterocycles. The Kier molecular flexibility index (Phi) is 10.2. The third-order valence-electron chi connectivity index (χ3n) is 7.68. The Hall–Kier alpha value is -3.97. The lowest BCUT2D eigenvalue weighted by atomic mass is 10.1. The van der Waals surface area contributed by atoms with Gasteiger partial charge in [-0.1, -0.05) is 81.1 Å². The van der Waals surface area contributed by atoms with Gasteiger partial charge in [0.15, 0.2) is 6.73 Å². The molecule has 2 aromatic carbocycles. The van der Waals surface area contributed by atoms with Gasteiger partial charge in [0.25, 0.3) is 0 Å². The third-order valence-corrected chi connectivity index (χ3v) is 7.68. The van der Waals surface area contributed by atoms with Crippen molar-refractivity contribution >= 4 is 0 Å². The van der Waals surface area contributed by atoms with Gasteiger partial charge in [0.05, 0.1) is 6.54 Å². The minimum atomic E-state index is 0.00191. The van der Waals surface area contributed by atoms with Crippen LogP contribution in [-0.4, -0.2) is 18.8 Å². The van der Waals surface area contributed by atoms with Gasteiger partial charge in [0.2, 0.25) is 19.0 Å². The van der Waals surface area contributed by atoms with E-state index in [9.17, 15) is 5.11 Å². The van der Waals surface area contributed by atoms with Crippen LogP contribution in [0, 0.1) is 0 Å². The van der Waals surface area contributed by atoms with E-state index in [0.29, 0.717) is 0 Å². The van der Waals surface area contributed by atoms with Gasteiger partial charge in [-0.2, -0.15) is 0 Å². The lowest BCUT2D eigenvalue weighted by Gasteiger charge is -2.02. The molecule has 0 spiro atoms. The first-order valence-electron chi connectivity index (χ1n) is 15.1. The number of aliphatic hydroxyl groups is 1. The summed E-state index contributed by atoms with van der Waals surface area (Å²) in [5.41, 5.74) is 5.15. The van der Waals surface area contributed by atoms with E-state index in [1.165, 1.54) is 60.8 Å². The molecular weight excluding hydrogens is 508 g/mol. The maximum Gasteiger partial charge on any atom is 0.245 e. The number of imidazole rings is 3. The first-order valence-corrected chi connectivity index (χ1v) is 15.1. The molecule has 0 saturated carbocycles. The van der Waals surface area contributed by atoms with Gasteiger partial charge in [-0.25, -0.2) is 27.4 Å². The Labute approximate surface area is 244 Å². The maximum atomic E-state index is 9.22. The van der Waals surface area contributed by atoms with E-state index in [0.717, 1.165) is 32.7 Å². The van der Waals surface area contributed by atoms with Crippen LogP contribution in [0.1, 0.15) is 67.7 Å². The average Bonchev–Trinajstić information content (AvgIpc) is 3.75. The summed E-state index contributed by atoms with van der Waals surface area (Å²) in [5, 5.41) is 9.22. The van der Waals surface area contributed by atoms with Crippen molar-refractivity contribution in [2.75, 3.05) is 0 Å². The number of nitrogens with zero attached hydrogens (tertiary/aromatic N) is 6. The Morgan fingerprint density at radius 1 is 0.537 bits per heavy atom. The zero-order chi connectivity index (χ0) is 28.3. The smallest absolute Gasteiger partial charge is 0.245 e. The number of aryl methyl sites for hydroxylation is 1. The van der Waals surface area contributed by atoms with E-state index in [-0.39, 0.29) is 6.73 Å². The molecule has 0 amide bonds. The monoisotopic (exact) mass is 553 g/mol. The van der Waals surface area contributed by atoms with Gasteiger partial charge in [0.1, 0.15) is 63.4 Å². The molecule has 0 atom stereocenters. The Morgan fingerprint density at radius 2 is 0.976 bits per heavy atom. The molecule has 214 valence electrons. The highest BCUT2D eigenvalue weighted by Gasteiger charge is 2.09. The number of unbranched alkanes of at least 4 members (excludes halogenated alkanes) is 5. The van der Waals surface area contributed by atoms with Crippen molar-refractivity contribution in [3.05, 3.63) is 127 Å². The summed E-state index contributed by atoms with van der Waals surface area (Å²) in [6, 6.07) is 17.8. The molecule has 1 N–H and O–H groups in total. The van der Waals surface area contributed by atoms with E-state index in [4.69, 9.17) is 0 Å². The molecular formula is C34H45N6O+3. The van der Waals surface area contributed by atoms with Crippen LogP contribution in [0.15, 0.2) is 105 Å². The molecule has 7 heteroatoms. The van der Waals surface area contributed by atoms with E-state index >= 15 is 0 Å². The van der Waals surface area contributed by atoms with Gasteiger partial charge in [-0.05, 0) is 35.1 Å². The molecule has 0 fully saturated rings. The second-order valence-corrected chi connectivity index (χ2v) is 11.2. The van der Waals surface area contributed by atoms with Crippen molar-refractivity contribution in [2.45, 2.75) is 84.9 Å². The molecule has 3 heterocycles. The molecule has 5 aromatic rings. The van der Waals surface area contributed by atoms with Crippen LogP contribution < -0.4 is 13.7 Å². The summed E-state index contributed by atoms with van der Waals surface area (Å²) in [5.74, 6) is 0. The minimum absolute atomic E-state index is 0.00191. The molecule has 0 aliphatic carbocycles. The van der Waals surface area contributed by atoms with Crippen LogP contribution in [0.25, 0.3) is 0 Å². The summed E-state index contributed by atoms with van der Waals surface area (Å²) in [7, 11) is 0. The van der Waals surface area contributed by atoms with Crippen LogP contribution in [0.4, 0.5) is 0 Å². The maximum absolute atomic E-state index is 9.22. The number of benzene rings is 2. The van der Waals surface area contributed by atoms with Gasteiger partial charge in [-0.3, -0.25) is 0 Å². The molecule has 7 nitrogen and oxygen atoms in total. The molecule has 0 aliphatic rings. The molecule has 5 rings (SSSR count). The normalized spacial score (nSPS) is 11.4. The van der Waals surface area contributed by atoms with E-state index in [1.807, 2.05) is 18.7 Å². The SMILES string of the molecule is CCCCCCCCn1cc[n+](Cc2ccc(C[n+]3ccn(Cc4ccc(C[n+]5ccn(CO)c5)cc4)c3)cc2)c1. The third kappa shape index (κ3) is 8.76. The molecule has 0 bridgehead atoms. The lowest BCUT2D eigenvalue weighted by Crippen LogP contribution is -2.32. The summed E-state index contributed by atoms with van der Waals surface area (Å²) in [6.45, 7) is 6.78. The zero-order valence-corrected chi connectivity index (χ0v) is 24.4. The van der Waals surface area contributed by atoms with Crippen molar-refractivity contribution in [1.82, 2.24) is 13.7 Å². The Morgan fingerprint density at radius 3 is 1.51 bits per heavy atom. The van der Waals surface area contributed by atoms with Crippen molar-refractivity contribution in [2.24, 2.45) is 0 Å². The number of hydrogen-bond donors (Lipinski definition) is 1. The highest BCUT2D eigenvalue weighted by Crippen LogP contribution is 2.09. The second kappa shape index (κ2) is 14.6. The lowest BCUT2D eigenvalue weighted by molar-refractivity contribution is -0.688. The highest BCUT2D eigenvalue weighted by atomic mass is 16.3. The fourth-order valence-corrected chi connectivity index (χ4v) is 5.32. The molecule has 0 unspecified atom stereocenters. The number of aromatic nitrogens is 6. The molecule has 0 radical (unpaired) electrons.